The van der Waals surface area contributed by atoms with Crippen LogP contribution in [0.1, 0.15) is 18.4 Å². The maximum Gasteiger partial charge on any atom is 0.314 e. The lowest BCUT2D eigenvalue weighted by Gasteiger charge is -2.24. The van der Waals surface area contributed by atoms with Crippen LogP contribution in [0, 0.1) is 11.6 Å². The van der Waals surface area contributed by atoms with Gasteiger partial charge in [-0.1, -0.05) is 18.2 Å². The average molecular weight is 224 g/mol. The van der Waals surface area contributed by atoms with Gasteiger partial charge < -0.3 is 5.11 Å². The molecule has 0 fully saturated rings. The van der Waals surface area contributed by atoms with Crippen LogP contribution in [0.5, 0.6) is 0 Å². The van der Waals surface area contributed by atoms with E-state index in [2.05, 4.69) is 0 Å². The molecule has 0 radical (unpaired) electrons. The molecule has 2 nitrogen and oxygen atoms in total. The molecule has 0 unspecified atom stereocenters. The quantitative estimate of drug-likeness (QED) is 0.784. The third kappa shape index (κ3) is 1.50. The highest BCUT2D eigenvalue weighted by atomic mass is 19.1. The van der Waals surface area contributed by atoms with Crippen LogP contribution in [0.15, 0.2) is 30.4 Å². The van der Waals surface area contributed by atoms with Crippen molar-refractivity contribution < 1.29 is 18.7 Å². The third-order valence-electron chi connectivity index (χ3n) is 2.96. The minimum absolute atomic E-state index is 0.0476. The Morgan fingerprint density at radius 2 is 1.88 bits per heavy atom. The lowest BCUT2D eigenvalue weighted by atomic mass is 9.78. The van der Waals surface area contributed by atoms with Gasteiger partial charge in [0.2, 0.25) is 0 Å². The number of hydrogen-bond acceptors (Lipinski definition) is 1. The zero-order valence-electron chi connectivity index (χ0n) is 8.41. The van der Waals surface area contributed by atoms with Gasteiger partial charge in [0, 0.05) is 11.6 Å². The second-order valence-electron chi connectivity index (χ2n) is 3.89. The fourth-order valence-corrected chi connectivity index (χ4v) is 2.04. The van der Waals surface area contributed by atoms with E-state index in [0.29, 0.717) is 0 Å². The van der Waals surface area contributed by atoms with Crippen molar-refractivity contribution in [2.24, 2.45) is 0 Å². The second-order valence-corrected chi connectivity index (χ2v) is 3.89. The summed E-state index contributed by atoms with van der Waals surface area (Å²) in [4.78, 5) is 11.3. The summed E-state index contributed by atoms with van der Waals surface area (Å²) in [6, 6.07) is 3.02. The smallest absolute Gasteiger partial charge is 0.314 e. The molecule has 1 aliphatic carbocycles. The van der Waals surface area contributed by atoms with Crippen LogP contribution in [0.2, 0.25) is 0 Å². The first-order chi connectivity index (χ1) is 7.56. The number of halogens is 2. The lowest BCUT2D eigenvalue weighted by Crippen LogP contribution is -2.34. The molecule has 0 saturated carbocycles. The lowest BCUT2D eigenvalue weighted by molar-refractivity contribution is -0.143. The predicted molar refractivity (Wildman–Crippen MR) is 54.0 cm³/mol. The van der Waals surface area contributed by atoms with E-state index in [-0.39, 0.29) is 18.4 Å². The molecule has 0 aliphatic heterocycles. The van der Waals surface area contributed by atoms with Gasteiger partial charge in [-0.25, -0.2) is 8.78 Å². The summed E-state index contributed by atoms with van der Waals surface area (Å²) in [5.41, 5.74) is -1.22. The second kappa shape index (κ2) is 3.70. The van der Waals surface area contributed by atoms with Crippen molar-refractivity contribution in [2.45, 2.75) is 18.3 Å². The highest BCUT2D eigenvalue weighted by molar-refractivity contribution is 5.82. The molecule has 1 aliphatic rings. The summed E-state index contributed by atoms with van der Waals surface area (Å²) in [5.74, 6) is -2.58. The Balaban J connectivity index is 2.52. The molecule has 0 saturated heterocycles. The van der Waals surface area contributed by atoms with Crippen LogP contribution in [0.4, 0.5) is 8.78 Å². The van der Waals surface area contributed by atoms with E-state index >= 15 is 0 Å². The Labute approximate surface area is 91.2 Å². The number of rotatable bonds is 2. The van der Waals surface area contributed by atoms with Crippen LogP contribution < -0.4 is 0 Å². The Morgan fingerprint density at radius 3 is 2.38 bits per heavy atom. The summed E-state index contributed by atoms with van der Waals surface area (Å²) in [6.45, 7) is 0. The number of carbonyl (C=O) groups is 1. The van der Waals surface area contributed by atoms with E-state index in [0.717, 1.165) is 12.1 Å². The summed E-state index contributed by atoms with van der Waals surface area (Å²) in [7, 11) is 0. The van der Waals surface area contributed by atoms with Crippen LogP contribution in [0.3, 0.4) is 0 Å². The van der Waals surface area contributed by atoms with Crippen molar-refractivity contribution in [3.8, 4) is 0 Å². The minimum atomic E-state index is -1.27. The zero-order chi connectivity index (χ0) is 11.8. The van der Waals surface area contributed by atoms with E-state index in [4.69, 9.17) is 0 Å². The van der Waals surface area contributed by atoms with Gasteiger partial charge in [-0.2, -0.15) is 0 Å². The molecule has 0 amide bonds. The van der Waals surface area contributed by atoms with Crippen LogP contribution >= 0.6 is 0 Å². The first-order valence-corrected chi connectivity index (χ1v) is 4.90. The highest BCUT2D eigenvalue weighted by Gasteiger charge is 2.42. The van der Waals surface area contributed by atoms with Crippen molar-refractivity contribution in [2.75, 3.05) is 0 Å². The van der Waals surface area contributed by atoms with Gasteiger partial charge in [0.25, 0.3) is 0 Å². The summed E-state index contributed by atoms with van der Waals surface area (Å²) < 4.78 is 26.3. The van der Waals surface area contributed by atoms with Crippen LogP contribution in [0.25, 0.3) is 0 Å². The molecule has 0 heterocycles. The van der Waals surface area contributed by atoms with Gasteiger partial charge in [-0.15, -0.1) is 0 Å². The van der Waals surface area contributed by atoms with Crippen molar-refractivity contribution in [1.29, 1.82) is 0 Å². The molecule has 0 spiro atoms. The van der Waals surface area contributed by atoms with Gasteiger partial charge in [0.1, 0.15) is 17.0 Å². The molecule has 1 aromatic carbocycles. The van der Waals surface area contributed by atoms with E-state index < -0.39 is 23.0 Å². The Hall–Kier alpha value is -1.71. The fourth-order valence-electron chi connectivity index (χ4n) is 2.04. The Kier molecular flexibility index (Phi) is 2.50. The van der Waals surface area contributed by atoms with Gasteiger partial charge in [-0.3, -0.25) is 4.79 Å². The molecular weight excluding hydrogens is 214 g/mol. The monoisotopic (exact) mass is 224 g/mol. The zero-order valence-corrected chi connectivity index (χ0v) is 8.41. The maximum atomic E-state index is 13.6. The molecule has 0 atom stereocenters. The van der Waals surface area contributed by atoms with Crippen molar-refractivity contribution >= 4 is 5.97 Å². The molecule has 16 heavy (non-hydrogen) atoms. The first-order valence-electron chi connectivity index (χ1n) is 4.90. The number of aliphatic carboxylic acids is 1. The van der Waals surface area contributed by atoms with Crippen molar-refractivity contribution in [3.05, 3.63) is 47.5 Å². The number of carboxylic acids is 1. The number of carboxylic acid groups (broad SMARTS) is 1. The SMILES string of the molecule is O=C(O)C1(c2ccc(F)cc2F)CC=CC1. The summed E-state index contributed by atoms with van der Waals surface area (Å²) in [5, 5.41) is 9.21. The molecule has 1 N–H and O–H groups in total. The number of allylic oxidation sites excluding steroid dienone is 2. The number of hydrogen-bond donors (Lipinski definition) is 1. The van der Waals surface area contributed by atoms with Crippen molar-refractivity contribution in [3.63, 3.8) is 0 Å². The van der Waals surface area contributed by atoms with E-state index in [1.807, 2.05) is 0 Å². The Bertz CT molecular complexity index is 458. The molecule has 0 bridgehead atoms. The standard InChI is InChI=1S/C12H10F2O2/c13-8-3-4-9(10(14)7-8)12(11(15)16)5-1-2-6-12/h1-4,7H,5-6H2,(H,15,16). The predicted octanol–water partition coefficient (Wildman–Crippen LogP) is 2.64. The fraction of sp³-hybridized carbons (Fsp3) is 0.250. The van der Waals surface area contributed by atoms with Gasteiger partial charge >= 0.3 is 5.97 Å². The van der Waals surface area contributed by atoms with Gasteiger partial charge in [0.05, 0.1) is 0 Å². The van der Waals surface area contributed by atoms with Gasteiger partial charge in [-0.05, 0) is 18.9 Å². The molecule has 1 aromatic rings. The van der Waals surface area contributed by atoms with Crippen LogP contribution in [-0.4, -0.2) is 11.1 Å². The van der Waals surface area contributed by atoms with Crippen LogP contribution in [-0.2, 0) is 10.2 Å². The van der Waals surface area contributed by atoms with Gasteiger partial charge in [0.15, 0.2) is 0 Å². The first kappa shape index (κ1) is 10.8. The van der Waals surface area contributed by atoms with E-state index in [1.54, 1.807) is 12.2 Å². The molecule has 4 heteroatoms. The Morgan fingerprint density at radius 1 is 1.25 bits per heavy atom. The third-order valence-corrected chi connectivity index (χ3v) is 2.96. The summed E-state index contributed by atoms with van der Waals surface area (Å²) >= 11 is 0. The molecular formula is C12H10F2O2. The molecule has 84 valence electrons. The van der Waals surface area contributed by atoms with E-state index in [9.17, 15) is 18.7 Å². The van der Waals surface area contributed by atoms with Crippen molar-refractivity contribution in [1.82, 2.24) is 0 Å². The maximum absolute atomic E-state index is 13.6. The molecule has 0 aromatic heterocycles. The topological polar surface area (TPSA) is 37.3 Å². The summed E-state index contributed by atoms with van der Waals surface area (Å²) in [6.07, 6.45) is 3.89. The number of benzene rings is 1. The average Bonchev–Trinajstić information content (AvgIpc) is 2.67. The van der Waals surface area contributed by atoms with E-state index in [1.165, 1.54) is 6.07 Å². The highest BCUT2D eigenvalue weighted by Crippen LogP contribution is 2.38. The largest absolute Gasteiger partial charge is 0.481 e. The normalized spacial score (nSPS) is 17.6. The minimum Gasteiger partial charge on any atom is -0.481 e. The molecule has 2 rings (SSSR count).